The molecule has 2 fully saturated rings. The number of anilines is 4. The molecule has 21 heteroatoms. The topological polar surface area (TPSA) is 235 Å². The zero-order chi connectivity index (χ0) is 53.5. The minimum Gasteiger partial charge on any atom is -0.399 e. The number of carbonyl (C=O) groups excluding carboxylic acids is 4. The average Bonchev–Trinajstić information content (AvgIpc) is 3.40. The highest BCUT2D eigenvalue weighted by Gasteiger charge is 2.26. The average molecular weight is 1140 g/mol. The molecule has 2 aliphatic rings. The molecule has 0 bridgehead atoms. The van der Waals surface area contributed by atoms with Crippen LogP contribution in [0.15, 0.2) is 134 Å². The van der Waals surface area contributed by atoms with Crippen LogP contribution < -0.4 is 32.3 Å². The van der Waals surface area contributed by atoms with Crippen LogP contribution in [0.5, 0.6) is 0 Å². The predicted octanol–water partition coefficient (Wildman–Crippen LogP) is 10.0. The van der Waals surface area contributed by atoms with E-state index in [0.717, 1.165) is 62.5 Å². The third-order valence-electron chi connectivity index (χ3n) is 11.7. The molecule has 2 saturated carbocycles. The molecule has 3 amide bonds. The van der Waals surface area contributed by atoms with Crippen LogP contribution in [-0.4, -0.2) is 108 Å². The largest absolute Gasteiger partial charge is 0.399 e. The van der Waals surface area contributed by atoms with E-state index in [1.807, 2.05) is 43.3 Å². The molecule has 17 nitrogen and oxygen atoms in total. The van der Waals surface area contributed by atoms with Gasteiger partial charge in [0.15, 0.2) is 0 Å². The Bertz CT molecular complexity index is 2870. The Morgan fingerprint density at radius 1 is 0.667 bits per heavy atom. The van der Waals surface area contributed by atoms with Crippen molar-refractivity contribution in [1.82, 2.24) is 45.4 Å². The van der Waals surface area contributed by atoms with E-state index in [1.165, 1.54) is 12.2 Å². The number of nitrogens with zero attached hydrogens (tertiary/aromatic N) is 7. The highest BCUT2D eigenvalue weighted by molar-refractivity contribution is 9.09. The molecule has 75 heavy (non-hydrogen) atoms. The first-order valence-corrected chi connectivity index (χ1v) is 26.5. The summed E-state index contributed by atoms with van der Waals surface area (Å²) in [5.41, 5.74) is 11.1. The molecule has 0 spiro atoms. The van der Waals surface area contributed by atoms with Gasteiger partial charge in [-0.2, -0.15) is 0 Å². The fraction of sp³-hybridized carbons (Fsp3) is 0.296. The number of rotatable bonds is 16. The normalized spacial score (nSPS) is 17.2. The van der Waals surface area contributed by atoms with Gasteiger partial charge < -0.3 is 37.2 Å². The highest BCUT2D eigenvalue weighted by atomic mass is 79.9. The number of benzene rings is 2. The van der Waals surface area contributed by atoms with Gasteiger partial charge in [-0.15, -0.1) is 0 Å². The maximum absolute atomic E-state index is 12.9. The summed E-state index contributed by atoms with van der Waals surface area (Å²) in [5, 5.41) is 17.1. The van der Waals surface area contributed by atoms with Crippen LogP contribution in [0.25, 0.3) is 22.5 Å². The van der Waals surface area contributed by atoms with E-state index in [2.05, 4.69) is 72.4 Å². The van der Waals surface area contributed by atoms with Crippen molar-refractivity contribution in [3.63, 3.8) is 0 Å². The number of nitrogen functional groups attached to an aromatic ring is 1. The molecule has 8 rings (SSSR count). The summed E-state index contributed by atoms with van der Waals surface area (Å²) >= 11 is 20.6. The van der Waals surface area contributed by atoms with Crippen LogP contribution >= 0.6 is 50.7 Å². The Labute approximate surface area is 460 Å². The molecule has 0 unspecified atom stereocenters. The fourth-order valence-electron chi connectivity index (χ4n) is 8.12. The molecular formula is C54H59BrCl3N13O4. The van der Waals surface area contributed by atoms with Crippen LogP contribution in [0.3, 0.4) is 0 Å². The van der Waals surface area contributed by atoms with Crippen molar-refractivity contribution in [2.45, 2.75) is 75.5 Å². The number of aromatic nitrogens is 6. The van der Waals surface area contributed by atoms with Gasteiger partial charge in [-0.05, 0) is 156 Å². The van der Waals surface area contributed by atoms with Crippen LogP contribution in [0, 0.1) is 0 Å². The summed E-state index contributed by atoms with van der Waals surface area (Å²) in [5.74, 6) is 0.596. The number of nitrogens with two attached hydrogens (primary N) is 1. The molecule has 4 aromatic heterocycles. The zero-order valence-corrected chi connectivity index (χ0v) is 45.3. The number of likely N-dealkylation sites (N-methyl/N-ethyl adjacent to an activating group) is 1. The summed E-state index contributed by atoms with van der Waals surface area (Å²) in [6, 6.07) is 21.7. The van der Waals surface area contributed by atoms with Gasteiger partial charge in [0.2, 0.25) is 23.0 Å². The van der Waals surface area contributed by atoms with Gasteiger partial charge >= 0.3 is 0 Å². The Morgan fingerprint density at radius 3 is 1.57 bits per heavy atom. The summed E-state index contributed by atoms with van der Waals surface area (Å²) in [6.07, 6.45) is 23.6. The summed E-state index contributed by atoms with van der Waals surface area (Å²) < 4.78 is 0. The first kappa shape index (κ1) is 57.4. The SMILES string of the molecule is CN(C)C/C=C/C(=O)Nc1ccc(C(=O)N[C@H]2CCC[C@@H](Nc3ncc(Cl)c(-c4cccnc4)n3)C2)cc1.Nc1ccc(C(=O)N[C@H]2CCC[C@@H](Nc3ncc(Cl)c(-c4cccnc4)n3)C2)cc1.O=C(Cl)/C=C/CBr. The molecule has 392 valence electrons. The van der Waals surface area contributed by atoms with Gasteiger partial charge in [0, 0.05) is 101 Å². The monoisotopic (exact) mass is 1140 g/mol. The van der Waals surface area contributed by atoms with Crippen molar-refractivity contribution in [3.8, 4) is 22.5 Å². The molecule has 0 saturated heterocycles. The van der Waals surface area contributed by atoms with Gasteiger partial charge in [0.25, 0.3) is 11.8 Å². The van der Waals surface area contributed by atoms with Gasteiger partial charge in [0.05, 0.1) is 33.8 Å². The number of nitrogens with one attached hydrogen (secondary N) is 5. The van der Waals surface area contributed by atoms with Crippen molar-refractivity contribution < 1.29 is 19.2 Å². The summed E-state index contributed by atoms with van der Waals surface area (Å²) in [4.78, 5) is 75.4. The molecular weight excluding hydrogens is 1080 g/mol. The Hall–Kier alpha value is -6.83. The van der Waals surface area contributed by atoms with Crippen LogP contribution in [0.4, 0.5) is 23.3 Å². The minimum atomic E-state index is -0.431. The van der Waals surface area contributed by atoms with Gasteiger partial charge in [-0.1, -0.05) is 51.3 Å². The number of pyridine rings is 2. The third kappa shape index (κ3) is 19.4. The van der Waals surface area contributed by atoms with E-state index in [0.29, 0.717) is 67.7 Å². The maximum Gasteiger partial charge on any atom is 0.251 e. The van der Waals surface area contributed by atoms with Gasteiger partial charge in [-0.3, -0.25) is 29.1 Å². The molecule has 6 aromatic rings. The second-order valence-corrected chi connectivity index (χ2v) is 19.7. The third-order valence-corrected chi connectivity index (χ3v) is 12.8. The molecule has 2 aromatic carbocycles. The van der Waals surface area contributed by atoms with Crippen LogP contribution in [0.1, 0.15) is 72.1 Å². The zero-order valence-electron chi connectivity index (χ0n) is 41.4. The lowest BCUT2D eigenvalue weighted by Crippen LogP contribution is -2.42. The number of halogens is 4. The Morgan fingerprint density at radius 2 is 1.15 bits per heavy atom. The number of alkyl halides is 1. The lowest BCUT2D eigenvalue weighted by Gasteiger charge is -2.30. The molecule has 4 atom stereocenters. The van der Waals surface area contributed by atoms with Crippen molar-refractivity contribution in [2.75, 3.05) is 47.7 Å². The Kier molecular flexibility index (Phi) is 22.9. The van der Waals surface area contributed by atoms with E-state index < -0.39 is 5.24 Å². The second-order valence-electron chi connectivity index (χ2n) is 17.8. The lowest BCUT2D eigenvalue weighted by atomic mass is 9.91. The fourth-order valence-corrected chi connectivity index (χ4v) is 8.80. The maximum atomic E-state index is 12.9. The molecule has 4 heterocycles. The number of amides is 3. The van der Waals surface area contributed by atoms with Crippen LogP contribution in [-0.2, 0) is 9.59 Å². The molecule has 2 aliphatic carbocycles. The lowest BCUT2D eigenvalue weighted by molar-refractivity contribution is -0.112. The quantitative estimate of drug-likeness (QED) is 0.0229. The first-order valence-electron chi connectivity index (χ1n) is 24.2. The number of carbonyl (C=O) groups is 4. The highest BCUT2D eigenvalue weighted by Crippen LogP contribution is 2.29. The molecule has 0 radical (unpaired) electrons. The number of hydrogen-bond donors (Lipinski definition) is 6. The molecule has 0 aliphatic heterocycles. The minimum absolute atomic E-state index is 0.0278. The van der Waals surface area contributed by atoms with E-state index in [1.54, 1.807) is 97.9 Å². The van der Waals surface area contributed by atoms with E-state index in [4.69, 9.17) is 40.5 Å². The van der Waals surface area contributed by atoms with Crippen molar-refractivity contribution in [2.24, 2.45) is 0 Å². The summed E-state index contributed by atoms with van der Waals surface area (Å²) in [6.45, 7) is 0.684. The predicted molar refractivity (Wildman–Crippen MR) is 302 cm³/mol. The van der Waals surface area contributed by atoms with Gasteiger partial charge in [0.1, 0.15) is 0 Å². The first-order chi connectivity index (χ1) is 36.2. The number of hydrogen-bond acceptors (Lipinski definition) is 14. The Balaban J connectivity index is 0.000000221. The van der Waals surface area contributed by atoms with E-state index in [-0.39, 0.29) is 41.9 Å². The summed E-state index contributed by atoms with van der Waals surface area (Å²) in [7, 11) is 3.87. The van der Waals surface area contributed by atoms with E-state index in [9.17, 15) is 19.2 Å². The smallest absolute Gasteiger partial charge is 0.251 e. The second kappa shape index (κ2) is 29.9. The van der Waals surface area contributed by atoms with Crippen molar-refractivity contribution >= 4 is 97.0 Å². The van der Waals surface area contributed by atoms with Crippen molar-refractivity contribution in [1.29, 1.82) is 0 Å². The van der Waals surface area contributed by atoms with E-state index >= 15 is 0 Å². The number of allylic oxidation sites excluding steroid dienone is 2. The van der Waals surface area contributed by atoms with Crippen LogP contribution in [0.2, 0.25) is 10.0 Å². The standard InChI is InChI=1S/C28H32ClN7O2.C22H23ClN6O.C4H4BrClO/c1-36(2)15-5-9-25(37)32-21-12-10-19(11-13-21)27(38)33-22-7-3-8-23(16-22)34-28-31-18-24(29)26(35-28)20-6-4-14-30-17-20;23-19-13-26-22(29-20(19)15-3-2-10-25-12-15)28-18-5-1-4-17(11-18)27-21(30)14-6-8-16(24)9-7-14;5-3-1-2-4(6)7/h4-6,9-14,17-18,22-23H,3,7-8,15-16H2,1-2H3,(H,32,37)(H,33,38)(H,31,34,35);2-3,6-10,12-13,17-18H,1,4-5,11,24H2,(H,27,30)(H,26,28,29);1-2H,3H2/b9-5+;;2-1+/t22-,23+;17-,18+;/m00./s1. The van der Waals surface area contributed by atoms with Crippen molar-refractivity contribution in [3.05, 3.63) is 155 Å². The molecule has 7 N–H and O–H groups in total. The van der Waals surface area contributed by atoms with Gasteiger partial charge in [-0.25, -0.2) is 19.9 Å².